The van der Waals surface area contributed by atoms with Crippen molar-refractivity contribution in [1.82, 2.24) is 0 Å². The van der Waals surface area contributed by atoms with Gasteiger partial charge in [0.2, 0.25) is 0 Å². The van der Waals surface area contributed by atoms with Gasteiger partial charge in [0.15, 0.2) is 6.10 Å². The zero-order chi connectivity index (χ0) is 97.8. The van der Waals surface area contributed by atoms with Crippen LogP contribution < -0.4 is 0 Å². The van der Waals surface area contributed by atoms with Gasteiger partial charge in [-0.05, 0) is 167 Å². The molecule has 0 heterocycles. The molecular weight excluding hydrogens is 1720 g/mol. The van der Waals surface area contributed by atoms with Crippen LogP contribution in [-0.4, -0.2) is 95.9 Å². The van der Waals surface area contributed by atoms with E-state index in [2.05, 4.69) is 227 Å². The number of phosphoric ester groups is 2. The molecule has 0 aliphatic carbocycles. The van der Waals surface area contributed by atoms with Crippen LogP contribution in [-0.2, 0) is 55.8 Å². The molecule has 4 N–H and O–H groups in total. The molecule has 0 aliphatic rings. The van der Waals surface area contributed by atoms with Crippen LogP contribution >= 0.6 is 15.6 Å². The Hall–Kier alpha value is -5.87. The molecule has 0 saturated carbocycles. The molecule has 0 aromatic heterocycles. The third kappa shape index (κ3) is 108. The van der Waals surface area contributed by atoms with Gasteiger partial charge in [-0.1, -0.05) is 478 Å². The summed E-state index contributed by atoms with van der Waals surface area (Å²) in [4.78, 5) is 59.3. The molecular formula is C117H198O16P2. The number of allylic oxidation sites excluding steroid dienone is 34. The molecule has 0 bridgehead atoms. The fourth-order valence-corrected chi connectivity index (χ4v) is 16.5. The van der Waals surface area contributed by atoms with Gasteiger partial charge in [-0.3, -0.25) is 32.5 Å². The van der Waals surface area contributed by atoms with E-state index in [1.807, 2.05) is 0 Å². The van der Waals surface area contributed by atoms with Gasteiger partial charge < -0.3 is 34.2 Å². The van der Waals surface area contributed by atoms with E-state index in [0.29, 0.717) is 19.3 Å². The van der Waals surface area contributed by atoms with Crippen molar-refractivity contribution in [1.29, 1.82) is 0 Å². The van der Waals surface area contributed by atoms with Gasteiger partial charge in [0.1, 0.15) is 25.4 Å². The minimum Gasteiger partial charge on any atom is -0.463 e. The van der Waals surface area contributed by atoms with E-state index in [9.17, 15) is 43.5 Å². The van der Waals surface area contributed by atoms with Crippen molar-refractivity contribution < 1.29 is 75.8 Å². The Kier molecular flexibility index (Phi) is 102. The minimum atomic E-state index is -4.95. The third-order valence-electron chi connectivity index (χ3n) is 23.0. The van der Waals surface area contributed by atoms with E-state index < -0.39 is 91.5 Å². The van der Waals surface area contributed by atoms with E-state index in [0.717, 1.165) is 186 Å². The maximum absolute atomic E-state index is 13.2. The Morgan fingerprint density at radius 1 is 0.207 bits per heavy atom. The standard InChI is InChI=1S/C117H198O16P2/c1-4-7-10-13-16-19-22-25-28-31-34-37-40-43-46-49-52-55-58-61-64-67-70-73-76-79-82-85-88-91-94-97-100-103-115(120)127-106-112(118)107-129-134(123,124)130-108-113(119)109-131-135(125,126)132-111-114(133-117(122)105-102-99-96-93-90-87-84-81-78-75-72-69-66-63-60-57-54-51-48-45-42-39-36-33-30-27-24-21-18-15-12-9-6-3)110-128-116(121)104-101-98-95-92-89-86-83-80-77-74-71-68-65-62-59-56-53-50-47-44-41-38-35-32-29-26-23-20-17-14-11-8-5-2/h7-12,16-21,25-30,34-39,43-48,52-53,55-56,112-114,118-119H,4-6,13-15,22-24,31-33,40-42,49-51,54,57-111H2,1-3H3,(H,123,124)(H,125,126)/b10-7-,11-8-,12-9-,19-16-,20-17-,21-18-,28-25-,29-26-,30-27-,37-34-,38-35-,39-36-,46-43-,47-44-,48-45-,55-52-,56-53-. The summed E-state index contributed by atoms with van der Waals surface area (Å²) in [6.07, 6.45) is 146. The summed E-state index contributed by atoms with van der Waals surface area (Å²) in [5.74, 6) is -1.56. The second-order valence-corrected chi connectivity index (χ2v) is 38.9. The monoisotopic (exact) mass is 1920 g/mol. The molecule has 5 unspecified atom stereocenters. The first kappa shape index (κ1) is 129. The lowest BCUT2D eigenvalue weighted by Crippen LogP contribution is -2.30. The van der Waals surface area contributed by atoms with Gasteiger partial charge in [0, 0.05) is 19.3 Å². The molecule has 0 aromatic carbocycles. The van der Waals surface area contributed by atoms with Crippen LogP contribution in [0, 0.1) is 0 Å². The zero-order valence-electron chi connectivity index (χ0n) is 85.8. The van der Waals surface area contributed by atoms with Crippen molar-refractivity contribution in [2.24, 2.45) is 0 Å². The lowest BCUT2D eigenvalue weighted by atomic mass is 10.0. The van der Waals surface area contributed by atoms with Crippen LogP contribution in [0.4, 0.5) is 0 Å². The van der Waals surface area contributed by atoms with Crippen LogP contribution in [0.5, 0.6) is 0 Å². The summed E-state index contributed by atoms with van der Waals surface area (Å²) < 4.78 is 61.8. The first-order valence-corrected chi connectivity index (χ1v) is 57.4. The predicted octanol–water partition coefficient (Wildman–Crippen LogP) is 35.0. The summed E-state index contributed by atoms with van der Waals surface area (Å²) >= 11 is 0. The first-order chi connectivity index (χ1) is 66.2. The topological polar surface area (TPSA) is 231 Å². The maximum atomic E-state index is 13.2. The molecule has 0 saturated heterocycles. The molecule has 0 aromatic rings. The molecule has 0 aliphatic heterocycles. The summed E-state index contributed by atoms with van der Waals surface area (Å²) in [7, 11) is -9.83. The van der Waals surface area contributed by atoms with Crippen LogP contribution in [0.25, 0.3) is 0 Å². The quantitative estimate of drug-likeness (QED) is 0.0146. The average Bonchev–Trinajstić information content (AvgIpc) is 0.891. The van der Waals surface area contributed by atoms with Crippen molar-refractivity contribution in [2.75, 3.05) is 39.6 Å². The predicted molar refractivity (Wildman–Crippen MR) is 574 cm³/mol. The van der Waals surface area contributed by atoms with E-state index >= 15 is 0 Å². The van der Waals surface area contributed by atoms with E-state index in [-0.39, 0.29) is 19.3 Å². The molecule has 5 atom stereocenters. The van der Waals surface area contributed by atoms with Crippen molar-refractivity contribution in [2.45, 2.75) is 476 Å². The second-order valence-electron chi connectivity index (χ2n) is 36.0. The van der Waals surface area contributed by atoms with Gasteiger partial charge in [0.05, 0.1) is 26.4 Å². The fourth-order valence-electron chi connectivity index (χ4n) is 14.9. The van der Waals surface area contributed by atoms with E-state index in [1.54, 1.807) is 0 Å². The minimum absolute atomic E-state index is 0.102. The number of carbonyl (C=O) groups excluding carboxylic acids is 3. The van der Waals surface area contributed by atoms with Gasteiger partial charge >= 0.3 is 33.6 Å². The summed E-state index contributed by atoms with van der Waals surface area (Å²) in [6.45, 7) is 2.42. The Bertz CT molecular complexity index is 3290. The van der Waals surface area contributed by atoms with Crippen LogP contribution in [0.1, 0.15) is 457 Å². The lowest BCUT2D eigenvalue weighted by molar-refractivity contribution is -0.161. The van der Waals surface area contributed by atoms with Crippen molar-refractivity contribution >= 4 is 33.6 Å². The number of rotatable bonds is 102. The Morgan fingerprint density at radius 3 is 0.585 bits per heavy atom. The third-order valence-corrected chi connectivity index (χ3v) is 24.9. The van der Waals surface area contributed by atoms with Crippen LogP contribution in [0.2, 0.25) is 0 Å². The average molecular weight is 1920 g/mol. The van der Waals surface area contributed by atoms with E-state index in [1.165, 1.54) is 212 Å². The van der Waals surface area contributed by atoms with Gasteiger partial charge in [-0.25, -0.2) is 9.13 Å². The number of carbonyl (C=O) groups is 3. The SMILES string of the molecule is CC/C=C\C/C=C\C/C=C\C/C=C\C/C=C\C/C=C\CCCCCCCCCCCCCCCCC(=O)OCC(O)COP(=O)(O)OCC(O)COP(=O)(O)OCC(COC(=O)CCCCCCCCCCCCCCCC/C=C\C/C=C\C/C=C\C/C=C\C/C=C\C/C=C\CC)OC(=O)CCCCCCCCCCCCCCCCCCC/C=C\C/C=C\C/C=C\C/C=C\C/C=C\CC. The smallest absolute Gasteiger partial charge is 0.463 e. The Labute approximate surface area is 826 Å². The molecule has 0 fully saturated rings. The van der Waals surface area contributed by atoms with Gasteiger partial charge in [-0.2, -0.15) is 0 Å². The Morgan fingerprint density at radius 2 is 0.370 bits per heavy atom. The van der Waals surface area contributed by atoms with Gasteiger partial charge in [0.25, 0.3) is 0 Å². The number of hydrogen-bond acceptors (Lipinski definition) is 14. The Balaban J connectivity index is 4.63. The first-order valence-electron chi connectivity index (χ1n) is 54.4. The number of ether oxygens (including phenoxy) is 3. The molecule has 16 nitrogen and oxygen atoms in total. The fraction of sp³-hybridized carbons (Fsp3) is 0.684. The lowest BCUT2D eigenvalue weighted by Gasteiger charge is -2.21. The van der Waals surface area contributed by atoms with E-state index in [4.69, 9.17) is 32.3 Å². The molecule has 18 heteroatoms. The highest BCUT2D eigenvalue weighted by Crippen LogP contribution is 2.45. The second kappa shape index (κ2) is 107. The van der Waals surface area contributed by atoms with Crippen LogP contribution in [0.15, 0.2) is 207 Å². The summed E-state index contributed by atoms with van der Waals surface area (Å²) in [5, 5.41) is 20.8. The van der Waals surface area contributed by atoms with Crippen molar-refractivity contribution in [3.63, 3.8) is 0 Å². The summed E-state index contributed by atoms with van der Waals surface area (Å²) in [6, 6.07) is 0. The normalized spacial score (nSPS) is 14.4. The maximum Gasteiger partial charge on any atom is 0.472 e. The molecule has 0 rings (SSSR count). The molecule has 0 radical (unpaired) electrons. The van der Waals surface area contributed by atoms with Gasteiger partial charge in [-0.15, -0.1) is 0 Å². The highest BCUT2D eigenvalue weighted by molar-refractivity contribution is 7.47. The number of esters is 3. The largest absolute Gasteiger partial charge is 0.472 e. The number of unbranched alkanes of at least 4 members (excludes halogenated alkanes) is 45. The number of phosphoric acid groups is 2. The van der Waals surface area contributed by atoms with Crippen molar-refractivity contribution in [3.05, 3.63) is 207 Å². The molecule has 135 heavy (non-hydrogen) atoms. The highest BCUT2D eigenvalue weighted by Gasteiger charge is 2.30. The molecule has 772 valence electrons. The highest BCUT2D eigenvalue weighted by atomic mass is 31.2. The number of aliphatic hydroxyl groups is 2. The zero-order valence-corrected chi connectivity index (χ0v) is 87.6. The number of hydrogen-bond donors (Lipinski definition) is 4. The van der Waals surface area contributed by atoms with Crippen molar-refractivity contribution in [3.8, 4) is 0 Å². The summed E-state index contributed by atoms with van der Waals surface area (Å²) in [5.41, 5.74) is 0. The van der Waals surface area contributed by atoms with Crippen LogP contribution in [0.3, 0.4) is 0 Å². The molecule has 0 amide bonds. The number of aliphatic hydroxyl groups excluding tert-OH is 2. The molecule has 0 spiro atoms.